The van der Waals surface area contributed by atoms with Crippen LogP contribution in [0.25, 0.3) is 22.3 Å². The molecule has 3 heteroatoms. The van der Waals surface area contributed by atoms with Crippen LogP contribution in [0.5, 0.6) is 0 Å². The Bertz CT molecular complexity index is 761. The normalized spacial score (nSPS) is 11.2. The van der Waals surface area contributed by atoms with Crippen molar-refractivity contribution >= 4 is 11.0 Å². The maximum atomic E-state index is 13.7. The molecular formula is C17H16FNO. The van der Waals surface area contributed by atoms with E-state index in [9.17, 15) is 4.39 Å². The molecule has 0 radical (unpaired) electrons. The van der Waals surface area contributed by atoms with Crippen molar-refractivity contribution in [3.63, 3.8) is 0 Å². The monoisotopic (exact) mass is 269 g/mol. The molecule has 0 aliphatic heterocycles. The van der Waals surface area contributed by atoms with Gasteiger partial charge in [0.05, 0.1) is 0 Å². The Morgan fingerprint density at radius 2 is 2.00 bits per heavy atom. The van der Waals surface area contributed by atoms with Crippen LogP contribution in [0.15, 0.2) is 46.9 Å². The third-order valence-electron chi connectivity index (χ3n) is 3.44. The number of para-hydroxylation sites is 1. The van der Waals surface area contributed by atoms with E-state index in [1.165, 1.54) is 11.6 Å². The van der Waals surface area contributed by atoms with Crippen molar-refractivity contribution < 1.29 is 8.81 Å². The summed E-state index contributed by atoms with van der Waals surface area (Å²) in [5, 5.41) is 3.92. The highest BCUT2D eigenvalue weighted by Crippen LogP contribution is 2.31. The Morgan fingerprint density at radius 1 is 1.15 bits per heavy atom. The van der Waals surface area contributed by atoms with Crippen LogP contribution in [-0.2, 0) is 6.54 Å². The van der Waals surface area contributed by atoms with Crippen molar-refractivity contribution in [2.75, 3.05) is 7.05 Å². The number of hydrogen-bond donors (Lipinski definition) is 1. The average Bonchev–Trinajstić information content (AvgIpc) is 2.86. The highest BCUT2D eigenvalue weighted by Gasteiger charge is 2.11. The van der Waals surface area contributed by atoms with Gasteiger partial charge in [0.15, 0.2) is 11.4 Å². The highest BCUT2D eigenvalue weighted by molar-refractivity contribution is 5.83. The number of halogens is 1. The summed E-state index contributed by atoms with van der Waals surface area (Å²) in [6.07, 6.45) is 0. The Morgan fingerprint density at radius 3 is 2.75 bits per heavy atom. The van der Waals surface area contributed by atoms with Crippen LogP contribution in [0.4, 0.5) is 4.39 Å². The summed E-state index contributed by atoms with van der Waals surface area (Å²) in [5.41, 5.74) is 3.62. The summed E-state index contributed by atoms with van der Waals surface area (Å²) in [5.74, 6) is 0.387. The fourth-order valence-corrected chi connectivity index (χ4v) is 2.41. The number of rotatable bonds is 3. The van der Waals surface area contributed by atoms with Gasteiger partial charge in [-0.05, 0) is 43.3 Å². The smallest absolute Gasteiger partial charge is 0.170 e. The van der Waals surface area contributed by atoms with Crippen molar-refractivity contribution in [2.45, 2.75) is 13.5 Å². The van der Waals surface area contributed by atoms with E-state index in [2.05, 4.69) is 23.5 Å². The average molecular weight is 269 g/mol. The molecule has 0 amide bonds. The van der Waals surface area contributed by atoms with E-state index in [0.717, 1.165) is 23.1 Å². The van der Waals surface area contributed by atoms with Crippen molar-refractivity contribution in [3.05, 3.63) is 59.4 Å². The van der Waals surface area contributed by atoms with Crippen LogP contribution in [0.2, 0.25) is 0 Å². The third-order valence-corrected chi connectivity index (χ3v) is 3.44. The predicted octanol–water partition coefficient (Wildman–Crippen LogP) is 4.27. The molecule has 0 aliphatic rings. The molecule has 1 heterocycles. The Hall–Kier alpha value is -2.13. The Balaban J connectivity index is 2.14. The second kappa shape index (κ2) is 5.10. The minimum atomic E-state index is -0.321. The van der Waals surface area contributed by atoms with Crippen LogP contribution < -0.4 is 5.32 Å². The molecular weight excluding hydrogens is 253 g/mol. The fourth-order valence-electron chi connectivity index (χ4n) is 2.41. The van der Waals surface area contributed by atoms with Gasteiger partial charge >= 0.3 is 0 Å². The molecule has 0 aliphatic carbocycles. The van der Waals surface area contributed by atoms with Crippen molar-refractivity contribution in [2.24, 2.45) is 0 Å². The second-order valence-electron chi connectivity index (χ2n) is 4.95. The highest BCUT2D eigenvalue weighted by atomic mass is 19.1. The lowest BCUT2D eigenvalue weighted by Gasteiger charge is -2.06. The van der Waals surface area contributed by atoms with Crippen LogP contribution in [0.3, 0.4) is 0 Å². The molecule has 0 saturated carbocycles. The first kappa shape index (κ1) is 12.9. The zero-order chi connectivity index (χ0) is 14.1. The Kier molecular flexibility index (Phi) is 3.28. The maximum absolute atomic E-state index is 13.7. The molecule has 2 aromatic carbocycles. The van der Waals surface area contributed by atoms with Crippen LogP contribution in [0.1, 0.15) is 11.1 Å². The van der Waals surface area contributed by atoms with Gasteiger partial charge in [-0.15, -0.1) is 0 Å². The van der Waals surface area contributed by atoms with E-state index in [1.807, 2.05) is 26.1 Å². The number of benzene rings is 2. The number of nitrogens with one attached hydrogen (secondary N) is 1. The van der Waals surface area contributed by atoms with Crippen LogP contribution in [0, 0.1) is 12.7 Å². The lowest BCUT2D eigenvalue weighted by molar-refractivity contribution is 0.568. The molecule has 3 aromatic rings. The first-order chi connectivity index (χ1) is 9.69. The molecule has 3 rings (SSSR count). The fraction of sp³-hybridized carbons (Fsp3) is 0.176. The molecule has 102 valence electrons. The number of hydrogen-bond acceptors (Lipinski definition) is 2. The molecule has 0 atom stereocenters. The zero-order valence-electron chi connectivity index (χ0n) is 11.5. The SMILES string of the molecule is CNCc1ccc(C)c(-c2cc3cccc(F)c3o2)c1. The van der Waals surface area contributed by atoms with Crippen molar-refractivity contribution in [1.29, 1.82) is 0 Å². The summed E-state index contributed by atoms with van der Waals surface area (Å²) < 4.78 is 19.4. The van der Waals surface area contributed by atoms with E-state index in [1.54, 1.807) is 6.07 Å². The topological polar surface area (TPSA) is 25.2 Å². The standard InChI is InChI=1S/C17H16FNO/c1-11-6-7-12(10-19-2)8-14(11)16-9-13-4-3-5-15(18)17(13)20-16/h3-9,19H,10H2,1-2H3. The quantitative estimate of drug-likeness (QED) is 0.768. The molecule has 0 saturated heterocycles. The summed E-state index contributed by atoms with van der Waals surface area (Å²) in [4.78, 5) is 0. The minimum Gasteiger partial charge on any atom is -0.453 e. The van der Waals surface area contributed by atoms with Gasteiger partial charge in [-0.25, -0.2) is 4.39 Å². The van der Waals surface area contributed by atoms with E-state index in [-0.39, 0.29) is 5.82 Å². The number of furan rings is 1. The van der Waals surface area contributed by atoms with Gasteiger partial charge in [-0.2, -0.15) is 0 Å². The number of aryl methyl sites for hydroxylation is 1. The maximum Gasteiger partial charge on any atom is 0.170 e. The van der Waals surface area contributed by atoms with E-state index < -0.39 is 0 Å². The summed E-state index contributed by atoms with van der Waals surface area (Å²) in [6.45, 7) is 2.82. The van der Waals surface area contributed by atoms with Gasteiger partial charge in [-0.1, -0.05) is 24.3 Å². The Labute approximate surface area is 117 Å². The summed E-state index contributed by atoms with van der Waals surface area (Å²) in [6, 6.07) is 13.1. The van der Waals surface area contributed by atoms with Gasteiger partial charge in [0.25, 0.3) is 0 Å². The predicted molar refractivity (Wildman–Crippen MR) is 79.1 cm³/mol. The van der Waals surface area contributed by atoms with Gasteiger partial charge in [0.1, 0.15) is 5.76 Å². The summed E-state index contributed by atoms with van der Waals surface area (Å²) >= 11 is 0. The minimum absolute atomic E-state index is 0.320. The van der Waals surface area contributed by atoms with E-state index in [0.29, 0.717) is 11.3 Å². The number of fused-ring (bicyclic) bond motifs is 1. The van der Waals surface area contributed by atoms with Crippen LogP contribution in [-0.4, -0.2) is 7.05 Å². The second-order valence-corrected chi connectivity index (χ2v) is 4.95. The molecule has 0 unspecified atom stereocenters. The molecule has 0 bridgehead atoms. The molecule has 1 aromatic heterocycles. The van der Waals surface area contributed by atoms with E-state index in [4.69, 9.17) is 4.42 Å². The lowest BCUT2D eigenvalue weighted by Crippen LogP contribution is -2.05. The zero-order valence-corrected chi connectivity index (χ0v) is 11.5. The molecule has 2 nitrogen and oxygen atoms in total. The molecule has 20 heavy (non-hydrogen) atoms. The third kappa shape index (κ3) is 2.21. The molecule has 0 spiro atoms. The summed E-state index contributed by atoms with van der Waals surface area (Å²) in [7, 11) is 1.91. The van der Waals surface area contributed by atoms with Gasteiger partial charge in [0.2, 0.25) is 0 Å². The first-order valence-electron chi connectivity index (χ1n) is 6.61. The van der Waals surface area contributed by atoms with Gasteiger partial charge in [-0.3, -0.25) is 0 Å². The lowest BCUT2D eigenvalue weighted by atomic mass is 10.0. The van der Waals surface area contributed by atoms with Crippen LogP contribution >= 0.6 is 0 Å². The van der Waals surface area contributed by atoms with Crippen molar-refractivity contribution in [3.8, 4) is 11.3 Å². The molecule has 0 fully saturated rings. The van der Waals surface area contributed by atoms with Crippen molar-refractivity contribution in [1.82, 2.24) is 5.32 Å². The van der Waals surface area contributed by atoms with Gasteiger partial charge < -0.3 is 9.73 Å². The first-order valence-corrected chi connectivity index (χ1v) is 6.61. The molecule has 1 N–H and O–H groups in total. The largest absolute Gasteiger partial charge is 0.453 e. The van der Waals surface area contributed by atoms with Gasteiger partial charge in [0, 0.05) is 17.5 Å². The van der Waals surface area contributed by atoms with E-state index >= 15 is 0 Å².